The topological polar surface area (TPSA) is 51.5 Å². The van der Waals surface area contributed by atoms with Crippen molar-refractivity contribution in [2.24, 2.45) is 5.41 Å². The van der Waals surface area contributed by atoms with Gasteiger partial charge in [0.2, 0.25) is 0 Å². The first-order valence-electron chi connectivity index (χ1n) is 11.2. The molecule has 6 heteroatoms. The van der Waals surface area contributed by atoms with Gasteiger partial charge in [-0.2, -0.15) is 5.10 Å². The molecule has 2 aliphatic rings. The molecule has 0 spiro atoms. The van der Waals surface area contributed by atoms with Crippen molar-refractivity contribution in [2.75, 3.05) is 47.0 Å². The normalized spacial score (nSPS) is 25.2. The molecule has 28 heavy (non-hydrogen) atoms. The standard InChI is InChI=1S/C22H40N4O2/c1-5-22(17-27-6-2)9-7-18(8-10-22)21-19(15-25(4)12-11-23-3)24-26-13-14-28-16-20(21)26/h18,23H,5-17H2,1-4H3. The van der Waals surface area contributed by atoms with Gasteiger partial charge in [0.1, 0.15) is 0 Å². The molecule has 0 atom stereocenters. The Bertz CT molecular complexity index is 608. The molecule has 1 N–H and O–H groups in total. The first kappa shape index (κ1) is 21.8. The highest BCUT2D eigenvalue weighted by Gasteiger charge is 2.37. The largest absolute Gasteiger partial charge is 0.381 e. The molecular formula is C22H40N4O2. The fourth-order valence-electron chi connectivity index (χ4n) is 4.89. The van der Waals surface area contributed by atoms with Gasteiger partial charge in [0, 0.05) is 31.8 Å². The zero-order chi connectivity index (χ0) is 20.0. The van der Waals surface area contributed by atoms with Gasteiger partial charge < -0.3 is 14.8 Å². The maximum absolute atomic E-state index is 5.85. The van der Waals surface area contributed by atoms with Crippen LogP contribution >= 0.6 is 0 Å². The number of likely N-dealkylation sites (N-methyl/N-ethyl adjacent to an activating group) is 2. The van der Waals surface area contributed by atoms with Crippen molar-refractivity contribution in [1.82, 2.24) is 20.0 Å². The average molecular weight is 393 g/mol. The summed E-state index contributed by atoms with van der Waals surface area (Å²) in [6, 6.07) is 0. The van der Waals surface area contributed by atoms with Crippen molar-refractivity contribution >= 4 is 0 Å². The first-order valence-corrected chi connectivity index (χ1v) is 11.2. The number of hydrogen-bond donors (Lipinski definition) is 1. The quantitative estimate of drug-likeness (QED) is 0.663. The van der Waals surface area contributed by atoms with Crippen molar-refractivity contribution in [2.45, 2.75) is 71.6 Å². The van der Waals surface area contributed by atoms with Gasteiger partial charge in [0.15, 0.2) is 0 Å². The third-order valence-corrected chi connectivity index (χ3v) is 6.84. The Morgan fingerprint density at radius 3 is 2.79 bits per heavy atom. The molecule has 0 bridgehead atoms. The Hall–Kier alpha value is -0.950. The van der Waals surface area contributed by atoms with Crippen LogP contribution < -0.4 is 5.32 Å². The predicted molar refractivity (Wildman–Crippen MR) is 113 cm³/mol. The van der Waals surface area contributed by atoms with E-state index in [0.29, 0.717) is 11.3 Å². The van der Waals surface area contributed by atoms with Gasteiger partial charge in [-0.15, -0.1) is 0 Å². The number of ether oxygens (including phenoxy) is 2. The predicted octanol–water partition coefficient (Wildman–Crippen LogP) is 3.16. The lowest BCUT2D eigenvalue weighted by atomic mass is 9.67. The maximum atomic E-state index is 5.85. The number of fused-ring (bicyclic) bond motifs is 1. The SMILES string of the molecule is CCOCC1(CC)CCC(c2c(CN(C)CCNC)nn3c2COCC3)CC1. The minimum atomic E-state index is 0.375. The van der Waals surface area contributed by atoms with E-state index in [4.69, 9.17) is 14.6 Å². The molecule has 0 aromatic carbocycles. The highest BCUT2D eigenvalue weighted by molar-refractivity contribution is 5.31. The van der Waals surface area contributed by atoms with Gasteiger partial charge in [0.05, 0.1) is 37.8 Å². The van der Waals surface area contributed by atoms with Crippen LogP contribution in [-0.4, -0.2) is 61.7 Å². The molecule has 2 heterocycles. The lowest BCUT2D eigenvalue weighted by Crippen LogP contribution is -2.32. The van der Waals surface area contributed by atoms with Crippen LogP contribution in [0.2, 0.25) is 0 Å². The highest BCUT2D eigenvalue weighted by Crippen LogP contribution is 2.47. The summed E-state index contributed by atoms with van der Waals surface area (Å²) in [6.45, 7) is 11.5. The van der Waals surface area contributed by atoms with Crippen LogP contribution in [0, 0.1) is 5.41 Å². The third kappa shape index (κ3) is 4.96. The fraction of sp³-hybridized carbons (Fsp3) is 0.864. The molecule has 1 aromatic rings. The van der Waals surface area contributed by atoms with E-state index in [1.54, 1.807) is 0 Å². The Morgan fingerprint density at radius 1 is 1.32 bits per heavy atom. The Kier molecular flexibility index (Phi) is 7.92. The minimum absolute atomic E-state index is 0.375. The zero-order valence-electron chi connectivity index (χ0n) is 18.4. The van der Waals surface area contributed by atoms with Gasteiger partial charge in [-0.1, -0.05) is 6.92 Å². The summed E-state index contributed by atoms with van der Waals surface area (Å²) in [5, 5.41) is 8.27. The summed E-state index contributed by atoms with van der Waals surface area (Å²) in [7, 11) is 4.21. The molecule has 1 aromatic heterocycles. The number of rotatable bonds is 10. The van der Waals surface area contributed by atoms with E-state index in [2.05, 4.69) is 35.8 Å². The van der Waals surface area contributed by atoms with E-state index >= 15 is 0 Å². The van der Waals surface area contributed by atoms with E-state index in [1.807, 2.05) is 7.05 Å². The van der Waals surface area contributed by atoms with Gasteiger partial charge in [-0.05, 0) is 64.5 Å². The van der Waals surface area contributed by atoms with Gasteiger partial charge in [-0.3, -0.25) is 9.58 Å². The number of aromatic nitrogens is 2. The van der Waals surface area contributed by atoms with Gasteiger partial charge in [0.25, 0.3) is 0 Å². The van der Waals surface area contributed by atoms with E-state index in [1.165, 1.54) is 49.1 Å². The van der Waals surface area contributed by atoms with E-state index in [9.17, 15) is 0 Å². The van der Waals surface area contributed by atoms with Crippen molar-refractivity contribution in [3.63, 3.8) is 0 Å². The Labute approximate surface area is 170 Å². The molecule has 3 rings (SSSR count). The van der Waals surface area contributed by atoms with Crippen molar-refractivity contribution in [3.8, 4) is 0 Å². The Morgan fingerprint density at radius 2 is 2.11 bits per heavy atom. The second kappa shape index (κ2) is 10.2. The number of nitrogens with one attached hydrogen (secondary N) is 1. The molecule has 160 valence electrons. The lowest BCUT2D eigenvalue weighted by molar-refractivity contribution is 0.0189. The molecular weight excluding hydrogens is 352 g/mol. The average Bonchev–Trinajstić information content (AvgIpc) is 3.08. The maximum Gasteiger partial charge on any atom is 0.0888 e. The second-order valence-corrected chi connectivity index (χ2v) is 8.69. The molecule has 1 aliphatic carbocycles. The van der Waals surface area contributed by atoms with E-state index < -0.39 is 0 Å². The van der Waals surface area contributed by atoms with Crippen LogP contribution in [0.15, 0.2) is 0 Å². The highest BCUT2D eigenvalue weighted by atomic mass is 16.5. The van der Waals surface area contributed by atoms with Crippen LogP contribution in [0.4, 0.5) is 0 Å². The molecule has 0 amide bonds. The monoisotopic (exact) mass is 392 g/mol. The van der Waals surface area contributed by atoms with Gasteiger partial charge in [-0.25, -0.2) is 0 Å². The van der Waals surface area contributed by atoms with Crippen LogP contribution in [0.5, 0.6) is 0 Å². The third-order valence-electron chi connectivity index (χ3n) is 6.84. The number of hydrogen-bond acceptors (Lipinski definition) is 5. The molecule has 6 nitrogen and oxygen atoms in total. The zero-order valence-corrected chi connectivity index (χ0v) is 18.4. The van der Waals surface area contributed by atoms with E-state index in [-0.39, 0.29) is 0 Å². The molecule has 1 saturated carbocycles. The van der Waals surface area contributed by atoms with Gasteiger partial charge >= 0.3 is 0 Å². The molecule has 0 unspecified atom stereocenters. The van der Waals surface area contributed by atoms with Crippen molar-refractivity contribution < 1.29 is 9.47 Å². The van der Waals surface area contributed by atoms with Crippen molar-refractivity contribution in [1.29, 1.82) is 0 Å². The summed E-state index contributed by atoms with van der Waals surface area (Å²) in [5.74, 6) is 0.611. The molecule has 1 aliphatic heterocycles. The van der Waals surface area contributed by atoms with Crippen molar-refractivity contribution in [3.05, 3.63) is 17.0 Å². The lowest BCUT2D eigenvalue weighted by Gasteiger charge is -2.40. The van der Waals surface area contributed by atoms with Crippen LogP contribution in [0.1, 0.15) is 68.8 Å². The Balaban J connectivity index is 1.76. The van der Waals surface area contributed by atoms with Crippen LogP contribution in [0.25, 0.3) is 0 Å². The minimum Gasteiger partial charge on any atom is -0.381 e. The van der Waals surface area contributed by atoms with Crippen LogP contribution in [-0.2, 0) is 29.2 Å². The molecule has 1 fully saturated rings. The second-order valence-electron chi connectivity index (χ2n) is 8.69. The smallest absolute Gasteiger partial charge is 0.0888 e. The molecule has 0 saturated heterocycles. The summed E-state index contributed by atoms with van der Waals surface area (Å²) in [6.07, 6.45) is 6.22. The summed E-state index contributed by atoms with van der Waals surface area (Å²) in [5.41, 5.74) is 4.48. The summed E-state index contributed by atoms with van der Waals surface area (Å²) in [4.78, 5) is 2.38. The number of nitrogens with zero attached hydrogens (tertiary/aromatic N) is 3. The summed E-state index contributed by atoms with van der Waals surface area (Å²) >= 11 is 0. The van der Waals surface area contributed by atoms with Crippen LogP contribution in [0.3, 0.4) is 0 Å². The molecule has 0 radical (unpaired) electrons. The first-order chi connectivity index (χ1) is 13.6. The summed E-state index contributed by atoms with van der Waals surface area (Å²) < 4.78 is 13.9. The van der Waals surface area contributed by atoms with E-state index in [0.717, 1.165) is 52.6 Å². The fourth-order valence-corrected chi connectivity index (χ4v) is 4.89.